The van der Waals surface area contributed by atoms with Crippen molar-refractivity contribution in [2.45, 2.75) is 26.3 Å². The van der Waals surface area contributed by atoms with Gasteiger partial charge in [-0.05, 0) is 30.0 Å². The van der Waals surface area contributed by atoms with Crippen LogP contribution in [0.25, 0.3) is 0 Å². The molecule has 0 bridgehead atoms. The Morgan fingerprint density at radius 1 is 1.32 bits per heavy atom. The average Bonchev–Trinajstić information content (AvgIpc) is 2.40. The van der Waals surface area contributed by atoms with Crippen LogP contribution < -0.4 is 5.32 Å². The molecular weight excluding hydrogens is 263 g/mol. The molecule has 1 saturated heterocycles. The molecule has 1 aromatic carbocycles. The van der Waals surface area contributed by atoms with Gasteiger partial charge in [0.2, 0.25) is 0 Å². The van der Waals surface area contributed by atoms with E-state index in [9.17, 15) is 4.39 Å². The highest BCUT2D eigenvalue weighted by atomic mass is 35.5. The van der Waals surface area contributed by atoms with E-state index in [1.165, 1.54) is 6.07 Å². The van der Waals surface area contributed by atoms with Crippen molar-refractivity contribution in [3.05, 3.63) is 34.6 Å². The molecule has 2 nitrogen and oxygen atoms in total. The van der Waals surface area contributed by atoms with Crippen molar-refractivity contribution < 1.29 is 4.39 Å². The Hall–Kier alpha value is -0.640. The standard InChI is InChI=1S/C15H22ClFN2/c1-11(2)9-15(19-7-5-18-6-8-19)12-3-4-14(17)13(16)10-12/h3-4,10-11,15,18H,5-9H2,1-2H3/t15-/m1/s1. The predicted octanol–water partition coefficient (Wildman–Crippen LogP) is 3.47. The molecule has 0 aliphatic carbocycles. The Balaban J connectivity index is 2.22. The summed E-state index contributed by atoms with van der Waals surface area (Å²) in [5, 5.41) is 3.59. The maximum atomic E-state index is 13.3. The zero-order valence-electron chi connectivity index (χ0n) is 11.6. The molecule has 1 aliphatic heterocycles. The second-order valence-corrected chi connectivity index (χ2v) is 6.01. The Morgan fingerprint density at radius 2 is 2.00 bits per heavy atom. The zero-order chi connectivity index (χ0) is 13.8. The monoisotopic (exact) mass is 284 g/mol. The Morgan fingerprint density at radius 3 is 2.58 bits per heavy atom. The Kier molecular flexibility index (Phi) is 5.20. The maximum Gasteiger partial charge on any atom is 0.141 e. The van der Waals surface area contributed by atoms with Crippen LogP contribution in [0.4, 0.5) is 4.39 Å². The molecule has 1 heterocycles. The van der Waals surface area contributed by atoms with Crippen molar-refractivity contribution in [3.63, 3.8) is 0 Å². The second-order valence-electron chi connectivity index (χ2n) is 5.60. The second kappa shape index (κ2) is 6.69. The van der Waals surface area contributed by atoms with E-state index in [-0.39, 0.29) is 10.8 Å². The Labute approximate surface area is 119 Å². The quantitative estimate of drug-likeness (QED) is 0.911. The number of halogens is 2. The van der Waals surface area contributed by atoms with E-state index in [1.54, 1.807) is 6.07 Å². The van der Waals surface area contributed by atoms with E-state index in [1.807, 2.05) is 6.07 Å². The smallest absolute Gasteiger partial charge is 0.141 e. The lowest BCUT2D eigenvalue weighted by Gasteiger charge is -2.36. The maximum absolute atomic E-state index is 13.3. The minimum absolute atomic E-state index is 0.224. The van der Waals surface area contributed by atoms with Crippen LogP contribution in [0.2, 0.25) is 5.02 Å². The van der Waals surface area contributed by atoms with Crippen LogP contribution in [0.15, 0.2) is 18.2 Å². The first-order chi connectivity index (χ1) is 9.08. The third kappa shape index (κ3) is 3.91. The van der Waals surface area contributed by atoms with Gasteiger partial charge < -0.3 is 5.32 Å². The van der Waals surface area contributed by atoms with Crippen LogP contribution >= 0.6 is 11.6 Å². The molecule has 0 aromatic heterocycles. The van der Waals surface area contributed by atoms with Gasteiger partial charge in [-0.3, -0.25) is 4.90 Å². The fraction of sp³-hybridized carbons (Fsp3) is 0.600. The molecule has 1 aromatic rings. The van der Waals surface area contributed by atoms with E-state index in [0.717, 1.165) is 38.2 Å². The molecule has 0 radical (unpaired) electrons. The first-order valence-electron chi connectivity index (χ1n) is 6.97. The number of nitrogens with zero attached hydrogens (tertiary/aromatic N) is 1. The van der Waals surface area contributed by atoms with Crippen LogP contribution in [-0.4, -0.2) is 31.1 Å². The number of nitrogens with one attached hydrogen (secondary N) is 1. The van der Waals surface area contributed by atoms with Gasteiger partial charge in [0.05, 0.1) is 5.02 Å². The molecule has 1 aliphatic rings. The lowest BCUT2D eigenvalue weighted by molar-refractivity contribution is 0.154. The van der Waals surface area contributed by atoms with E-state index in [2.05, 4.69) is 24.1 Å². The summed E-state index contributed by atoms with van der Waals surface area (Å²) in [6, 6.07) is 5.47. The summed E-state index contributed by atoms with van der Waals surface area (Å²) in [4.78, 5) is 2.47. The number of hydrogen-bond acceptors (Lipinski definition) is 2. The van der Waals surface area contributed by atoms with Gasteiger partial charge in [-0.2, -0.15) is 0 Å². The van der Waals surface area contributed by atoms with Crippen LogP contribution in [0.1, 0.15) is 31.9 Å². The summed E-state index contributed by atoms with van der Waals surface area (Å²) in [6.07, 6.45) is 1.07. The molecule has 1 atom stereocenters. The van der Waals surface area contributed by atoms with Gasteiger partial charge in [-0.1, -0.05) is 31.5 Å². The van der Waals surface area contributed by atoms with Gasteiger partial charge in [0.1, 0.15) is 5.82 Å². The summed E-state index contributed by atoms with van der Waals surface area (Å²) in [5.41, 5.74) is 1.13. The van der Waals surface area contributed by atoms with Crippen molar-refractivity contribution in [1.29, 1.82) is 0 Å². The number of rotatable bonds is 4. The van der Waals surface area contributed by atoms with Crippen LogP contribution in [0.3, 0.4) is 0 Å². The number of benzene rings is 1. The van der Waals surface area contributed by atoms with Gasteiger partial charge in [0.25, 0.3) is 0 Å². The highest BCUT2D eigenvalue weighted by Gasteiger charge is 2.23. The predicted molar refractivity (Wildman–Crippen MR) is 78.0 cm³/mol. The summed E-state index contributed by atoms with van der Waals surface area (Å²) in [5.74, 6) is 0.262. The average molecular weight is 285 g/mol. The summed E-state index contributed by atoms with van der Waals surface area (Å²) in [7, 11) is 0. The van der Waals surface area contributed by atoms with Crippen LogP contribution in [0.5, 0.6) is 0 Å². The van der Waals surface area contributed by atoms with Crippen molar-refractivity contribution >= 4 is 11.6 Å². The highest BCUT2D eigenvalue weighted by Crippen LogP contribution is 2.30. The molecule has 4 heteroatoms. The third-order valence-corrected chi connectivity index (χ3v) is 3.91. The van der Waals surface area contributed by atoms with Crippen molar-refractivity contribution in [1.82, 2.24) is 10.2 Å². The fourth-order valence-corrected chi connectivity index (χ4v) is 2.84. The molecule has 0 spiro atoms. The largest absolute Gasteiger partial charge is 0.314 e. The van der Waals surface area contributed by atoms with Crippen molar-refractivity contribution in [2.75, 3.05) is 26.2 Å². The topological polar surface area (TPSA) is 15.3 Å². The Bertz CT molecular complexity index is 417. The van der Waals surface area contributed by atoms with Crippen LogP contribution in [-0.2, 0) is 0 Å². The SMILES string of the molecule is CC(C)C[C@H](c1ccc(F)c(Cl)c1)N1CCNCC1. The zero-order valence-corrected chi connectivity index (χ0v) is 12.4. The highest BCUT2D eigenvalue weighted by molar-refractivity contribution is 6.30. The first-order valence-corrected chi connectivity index (χ1v) is 7.35. The van der Waals surface area contributed by atoms with E-state index in [4.69, 9.17) is 11.6 Å². The molecule has 1 fully saturated rings. The molecule has 0 unspecified atom stereocenters. The normalized spacial score (nSPS) is 18.8. The lowest BCUT2D eigenvalue weighted by atomic mass is 9.95. The fourth-order valence-electron chi connectivity index (χ4n) is 2.66. The van der Waals surface area contributed by atoms with Gasteiger partial charge in [0, 0.05) is 32.2 Å². The van der Waals surface area contributed by atoms with Gasteiger partial charge in [0.15, 0.2) is 0 Å². The number of piperazine rings is 1. The molecule has 0 amide bonds. The van der Waals surface area contributed by atoms with Crippen LogP contribution in [0, 0.1) is 11.7 Å². The summed E-state index contributed by atoms with van der Waals surface area (Å²) in [6.45, 7) is 8.55. The van der Waals surface area contributed by atoms with Gasteiger partial charge >= 0.3 is 0 Å². The molecule has 1 N–H and O–H groups in total. The van der Waals surface area contributed by atoms with E-state index < -0.39 is 0 Å². The van der Waals surface area contributed by atoms with E-state index in [0.29, 0.717) is 12.0 Å². The molecule has 106 valence electrons. The molecular formula is C15H22ClFN2. The lowest BCUT2D eigenvalue weighted by Crippen LogP contribution is -2.45. The molecule has 0 saturated carbocycles. The molecule has 19 heavy (non-hydrogen) atoms. The van der Waals surface area contributed by atoms with Crippen molar-refractivity contribution in [2.24, 2.45) is 5.92 Å². The summed E-state index contributed by atoms with van der Waals surface area (Å²) < 4.78 is 13.3. The van der Waals surface area contributed by atoms with Gasteiger partial charge in [-0.15, -0.1) is 0 Å². The third-order valence-electron chi connectivity index (χ3n) is 3.62. The van der Waals surface area contributed by atoms with Crippen molar-refractivity contribution in [3.8, 4) is 0 Å². The minimum atomic E-state index is -0.339. The molecule has 2 rings (SSSR count). The van der Waals surface area contributed by atoms with Gasteiger partial charge in [-0.25, -0.2) is 4.39 Å². The number of hydrogen-bond donors (Lipinski definition) is 1. The van der Waals surface area contributed by atoms with E-state index >= 15 is 0 Å². The minimum Gasteiger partial charge on any atom is -0.314 e. The first kappa shape index (κ1) is 14.8. The summed E-state index contributed by atoms with van der Waals surface area (Å²) >= 11 is 5.93.